The number of fused-ring (bicyclic) bond motifs is 7. The van der Waals surface area contributed by atoms with Crippen LogP contribution in [-0.4, -0.2) is 29.8 Å². The van der Waals surface area contributed by atoms with Crippen LogP contribution >= 0.6 is 0 Å². The summed E-state index contributed by atoms with van der Waals surface area (Å²) >= 11 is 0. The zero-order valence-corrected chi connectivity index (χ0v) is 34.0. The van der Waals surface area contributed by atoms with Crippen LogP contribution in [0.25, 0.3) is 0 Å². The minimum atomic E-state index is -0.867. The number of carbonyl (C=O) groups is 2. The zero-order valence-electron chi connectivity index (χ0n) is 34.0. The third-order valence-electron chi connectivity index (χ3n) is 17.3. The first-order valence-corrected chi connectivity index (χ1v) is 21.3. The molecule has 6 rings (SSSR count). The maximum Gasteiger partial charge on any atom is 0.306 e. The molecule has 288 valence electrons. The molecular formula is C46H74O5. The van der Waals surface area contributed by atoms with Crippen molar-refractivity contribution >= 4 is 11.9 Å². The summed E-state index contributed by atoms with van der Waals surface area (Å²) in [6.07, 6.45) is 23.6. The summed E-state index contributed by atoms with van der Waals surface area (Å²) in [7, 11) is 0. The Hall–Kier alpha value is -1.78. The lowest BCUT2D eigenvalue weighted by atomic mass is 9.32. The summed E-state index contributed by atoms with van der Waals surface area (Å²) in [5, 5.41) is 9.36. The molecule has 51 heavy (non-hydrogen) atoms. The van der Waals surface area contributed by atoms with Gasteiger partial charge in [-0.15, -0.1) is 0 Å². The first-order valence-electron chi connectivity index (χ1n) is 21.3. The highest BCUT2D eigenvalue weighted by Crippen LogP contribution is 2.78. The van der Waals surface area contributed by atoms with Crippen LogP contribution in [0.2, 0.25) is 0 Å². The van der Waals surface area contributed by atoms with E-state index in [1.54, 1.807) is 0 Å². The SMILES string of the molecule is C=C(C)C1CC[C@]2(CCO/C3=C/CCCCCC3)CC[C@]3(C)[C@H](CCC4[C@@]5(C)CCC(OC(=O)CC(C)(C)CC(=O)O)C(C)(C)C5CC[C@]43C)C12. The second-order valence-corrected chi connectivity index (χ2v) is 21.0. The van der Waals surface area contributed by atoms with Gasteiger partial charge in [0.2, 0.25) is 0 Å². The van der Waals surface area contributed by atoms with Gasteiger partial charge in [-0.25, -0.2) is 0 Å². The fraction of sp³-hybridized carbons (Fsp3) is 0.870. The fourth-order valence-electron chi connectivity index (χ4n) is 14.6. The maximum atomic E-state index is 13.2. The first-order chi connectivity index (χ1) is 23.9. The Bertz CT molecular complexity index is 1360. The summed E-state index contributed by atoms with van der Waals surface area (Å²) in [4.78, 5) is 24.6. The number of esters is 1. The standard InChI is InChI=1S/C46H74O5/c1-31(2)33-19-24-46(27-28-50-32-15-13-11-10-12-14-16-32)26-25-44(8)34(40(33)46)17-18-36-43(7)22-21-37(42(5,6)35(43)20-23-45(36,44)9)51-39(49)30-41(3,4)29-38(47)48/h15,33-37,40H,1,10-14,16-30H2,2-9H3,(H,47,48)/b32-15+/t33?,34-,35?,36?,37?,40?,43+,44-,45-,46-/m1/s1. The van der Waals surface area contributed by atoms with E-state index in [4.69, 9.17) is 9.47 Å². The van der Waals surface area contributed by atoms with Gasteiger partial charge in [0.1, 0.15) is 6.10 Å². The number of hydrogen-bond acceptors (Lipinski definition) is 4. The van der Waals surface area contributed by atoms with Gasteiger partial charge in [0.05, 0.1) is 25.2 Å². The van der Waals surface area contributed by atoms with Crippen LogP contribution in [-0.2, 0) is 19.1 Å². The number of aliphatic carboxylic acids is 1. The Kier molecular flexibility index (Phi) is 10.8. The van der Waals surface area contributed by atoms with E-state index in [0.29, 0.717) is 34.5 Å². The Balaban J connectivity index is 1.20. The average Bonchev–Trinajstić information content (AvgIpc) is 3.39. The largest absolute Gasteiger partial charge is 0.498 e. The van der Waals surface area contributed by atoms with E-state index in [0.717, 1.165) is 31.8 Å². The van der Waals surface area contributed by atoms with Crippen molar-refractivity contribution in [2.24, 2.45) is 62.1 Å². The molecule has 5 unspecified atom stereocenters. The third kappa shape index (κ3) is 6.90. The van der Waals surface area contributed by atoms with Crippen LogP contribution in [0.4, 0.5) is 0 Å². The molecule has 5 fully saturated rings. The molecule has 1 N–H and O–H groups in total. The van der Waals surface area contributed by atoms with Crippen LogP contribution < -0.4 is 0 Å². The summed E-state index contributed by atoms with van der Waals surface area (Å²) < 4.78 is 12.9. The van der Waals surface area contributed by atoms with E-state index >= 15 is 0 Å². The number of rotatable bonds is 10. The van der Waals surface area contributed by atoms with E-state index in [9.17, 15) is 14.7 Å². The van der Waals surface area contributed by atoms with Crippen molar-refractivity contribution in [1.29, 1.82) is 0 Å². The molecule has 5 saturated carbocycles. The molecule has 0 spiro atoms. The molecule has 10 atom stereocenters. The Labute approximate surface area is 311 Å². The van der Waals surface area contributed by atoms with Gasteiger partial charge in [-0.2, -0.15) is 0 Å². The van der Waals surface area contributed by atoms with E-state index in [-0.39, 0.29) is 41.2 Å². The molecule has 5 nitrogen and oxygen atoms in total. The molecule has 0 amide bonds. The molecule has 0 aromatic carbocycles. The lowest BCUT2D eigenvalue weighted by Crippen LogP contribution is -2.66. The summed E-state index contributed by atoms with van der Waals surface area (Å²) in [5.41, 5.74) is 1.87. The van der Waals surface area contributed by atoms with Crippen molar-refractivity contribution in [1.82, 2.24) is 0 Å². The Morgan fingerprint density at radius 3 is 2.33 bits per heavy atom. The van der Waals surface area contributed by atoms with Gasteiger partial charge in [0.15, 0.2) is 0 Å². The van der Waals surface area contributed by atoms with Gasteiger partial charge in [-0.3, -0.25) is 9.59 Å². The Morgan fingerprint density at radius 1 is 0.863 bits per heavy atom. The predicted octanol–water partition coefficient (Wildman–Crippen LogP) is 12.1. The highest BCUT2D eigenvalue weighted by atomic mass is 16.5. The topological polar surface area (TPSA) is 72.8 Å². The van der Waals surface area contributed by atoms with Crippen LogP contribution in [0.1, 0.15) is 177 Å². The molecule has 0 saturated heterocycles. The van der Waals surface area contributed by atoms with Gasteiger partial charge in [-0.05, 0) is 160 Å². The van der Waals surface area contributed by atoms with Crippen LogP contribution in [0, 0.1) is 62.1 Å². The number of ether oxygens (including phenoxy) is 2. The van der Waals surface area contributed by atoms with Crippen molar-refractivity contribution in [3.63, 3.8) is 0 Å². The smallest absolute Gasteiger partial charge is 0.306 e. The van der Waals surface area contributed by atoms with Gasteiger partial charge in [0, 0.05) is 11.8 Å². The van der Waals surface area contributed by atoms with Gasteiger partial charge in [0.25, 0.3) is 0 Å². The van der Waals surface area contributed by atoms with E-state index in [2.05, 4.69) is 54.2 Å². The monoisotopic (exact) mass is 707 g/mol. The lowest BCUT2D eigenvalue weighted by Gasteiger charge is -2.73. The quantitative estimate of drug-likeness (QED) is 0.181. The normalized spacial score (nSPS) is 43.1. The second-order valence-electron chi connectivity index (χ2n) is 21.0. The highest BCUT2D eigenvalue weighted by Gasteiger charge is 2.71. The van der Waals surface area contributed by atoms with Gasteiger partial charge >= 0.3 is 11.9 Å². The van der Waals surface area contributed by atoms with Crippen molar-refractivity contribution in [2.75, 3.05) is 6.61 Å². The summed E-state index contributed by atoms with van der Waals surface area (Å²) in [5.74, 6) is 3.41. The molecule has 6 aliphatic rings. The van der Waals surface area contributed by atoms with E-state index in [1.807, 2.05) is 13.8 Å². The number of carbonyl (C=O) groups excluding carboxylic acids is 1. The van der Waals surface area contributed by atoms with Gasteiger partial charge < -0.3 is 14.6 Å². The average molecular weight is 707 g/mol. The molecule has 5 heteroatoms. The van der Waals surface area contributed by atoms with Crippen molar-refractivity contribution in [3.8, 4) is 0 Å². The molecule has 0 radical (unpaired) electrons. The minimum Gasteiger partial charge on any atom is -0.498 e. The zero-order chi connectivity index (χ0) is 37.0. The molecule has 6 aliphatic carbocycles. The molecular weight excluding hydrogens is 633 g/mol. The summed E-state index contributed by atoms with van der Waals surface area (Å²) in [6, 6.07) is 0. The predicted molar refractivity (Wildman–Crippen MR) is 206 cm³/mol. The fourth-order valence-corrected chi connectivity index (χ4v) is 14.6. The second kappa shape index (κ2) is 14.1. The van der Waals surface area contributed by atoms with E-state index in [1.165, 1.54) is 101 Å². The summed E-state index contributed by atoms with van der Waals surface area (Å²) in [6.45, 7) is 24.4. The van der Waals surface area contributed by atoms with Crippen molar-refractivity contribution in [2.45, 2.75) is 183 Å². The number of hydrogen-bond donors (Lipinski definition) is 1. The Morgan fingerprint density at radius 2 is 1.61 bits per heavy atom. The highest BCUT2D eigenvalue weighted by molar-refractivity contribution is 5.73. The third-order valence-corrected chi connectivity index (χ3v) is 17.3. The van der Waals surface area contributed by atoms with Crippen LogP contribution in [0.3, 0.4) is 0 Å². The maximum absolute atomic E-state index is 13.2. The number of allylic oxidation sites excluding steroid dienone is 3. The first kappa shape index (κ1) is 38.9. The molecule has 0 aliphatic heterocycles. The van der Waals surface area contributed by atoms with Crippen molar-refractivity contribution < 1.29 is 24.2 Å². The van der Waals surface area contributed by atoms with Crippen molar-refractivity contribution in [3.05, 3.63) is 24.0 Å². The van der Waals surface area contributed by atoms with Crippen LogP contribution in [0.15, 0.2) is 24.0 Å². The minimum absolute atomic E-state index is 0.0297. The molecule has 0 bridgehead atoms. The van der Waals surface area contributed by atoms with Crippen LogP contribution in [0.5, 0.6) is 0 Å². The number of carboxylic acid groups (broad SMARTS) is 1. The van der Waals surface area contributed by atoms with E-state index < -0.39 is 11.4 Å². The molecule has 0 aromatic rings. The number of carboxylic acids is 1. The molecule has 0 aromatic heterocycles. The van der Waals surface area contributed by atoms with Gasteiger partial charge in [-0.1, -0.05) is 73.5 Å². The lowest BCUT2D eigenvalue weighted by molar-refractivity contribution is -0.251. The molecule has 0 heterocycles.